The van der Waals surface area contributed by atoms with Crippen molar-refractivity contribution in [1.29, 1.82) is 0 Å². The van der Waals surface area contributed by atoms with Crippen molar-refractivity contribution in [2.45, 2.75) is 30.4 Å². The number of aromatic nitrogens is 2. The van der Waals surface area contributed by atoms with E-state index in [4.69, 9.17) is 22.7 Å². The summed E-state index contributed by atoms with van der Waals surface area (Å²) < 4.78 is 34.7. The van der Waals surface area contributed by atoms with Crippen molar-refractivity contribution in [3.63, 3.8) is 0 Å². The van der Waals surface area contributed by atoms with E-state index in [2.05, 4.69) is 10.2 Å². The number of hydrogen-bond donors (Lipinski definition) is 2. The van der Waals surface area contributed by atoms with E-state index < -0.39 is 16.1 Å². The number of amides is 1. The van der Waals surface area contributed by atoms with E-state index in [1.807, 2.05) is 36.4 Å². The molecule has 1 aliphatic rings. The first-order valence-corrected chi connectivity index (χ1v) is 13.9. The maximum Gasteiger partial charge on any atom is 0.244 e. The number of rotatable bonds is 9. The van der Waals surface area contributed by atoms with Gasteiger partial charge in [0.05, 0.1) is 24.2 Å². The lowest BCUT2D eigenvalue weighted by Gasteiger charge is -2.27. The number of ether oxygens (including phenoxy) is 1. The van der Waals surface area contributed by atoms with Crippen molar-refractivity contribution in [2.24, 2.45) is 5.73 Å². The number of likely N-dealkylation sites (tertiary alicyclic amines) is 1. The van der Waals surface area contributed by atoms with E-state index in [1.54, 1.807) is 48.5 Å². The molecule has 1 fully saturated rings. The monoisotopic (exact) mass is 549 g/mol. The van der Waals surface area contributed by atoms with Crippen LogP contribution in [0.2, 0.25) is 0 Å². The van der Waals surface area contributed by atoms with Crippen LogP contribution < -0.4 is 10.5 Å². The van der Waals surface area contributed by atoms with E-state index >= 15 is 0 Å². The Morgan fingerprint density at radius 2 is 1.97 bits per heavy atom. The van der Waals surface area contributed by atoms with Crippen molar-refractivity contribution in [1.82, 2.24) is 19.4 Å². The molecular formula is C27H27N5O4S2. The average Bonchev–Trinajstić information content (AvgIpc) is 3.56. The summed E-state index contributed by atoms with van der Waals surface area (Å²) in [6.07, 6.45) is 1.92. The summed E-state index contributed by atoms with van der Waals surface area (Å²) in [7, 11) is -2.49. The molecule has 4 aromatic rings. The summed E-state index contributed by atoms with van der Waals surface area (Å²) in [5.41, 5.74) is 7.94. The van der Waals surface area contributed by atoms with Crippen LogP contribution in [0.5, 0.6) is 5.75 Å². The molecule has 0 radical (unpaired) electrons. The van der Waals surface area contributed by atoms with E-state index in [0.29, 0.717) is 31.0 Å². The van der Waals surface area contributed by atoms with E-state index in [-0.39, 0.29) is 22.3 Å². The van der Waals surface area contributed by atoms with Crippen molar-refractivity contribution >= 4 is 43.9 Å². The third-order valence-corrected chi connectivity index (χ3v) is 8.80. The number of carbonyl (C=O) groups is 1. The lowest BCUT2D eigenvalue weighted by molar-refractivity contribution is -0.131. The van der Waals surface area contributed by atoms with Gasteiger partial charge in [0.1, 0.15) is 16.8 Å². The number of carbonyl (C=O) groups excluding carboxylic acids is 1. The molecule has 1 atom stereocenters. The Morgan fingerprint density at radius 3 is 2.71 bits per heavy atom. The number of thiocarbonyl (C=S) groups is 1. The Kier molecular flexibility index (Phi) is 7.15. The predicted molar refractivity (Wildman–Crippen MR) is 148 cm³/mol. The average molecular weight is 550 g/mol. The van der Waals surface area contributed by atoms with Gasteiger partial charge in [-0.2, -0.15) is 9.40 Å². The maximum absolute atomic E-state index is 14.0. The van der Waals surface area contributed by atoms with Crippen LogP contribution in [-0.4, -0.2) is 58.4 Å². The van der Waals surface area contributed by atoms with Crippen molar-refractivity contribution in [3.05, 3.63) is 89.7 Å². The highest BCUT2D eigenvalue weighted by atomic mass is 32.2. The lowest BCUT2D eigenvalue weighted by atomic mass is 10.1. The van der Waals surface area contributed by atoms with Gasteiger partial charge < -0.3 is 15.4 Å². The molecule has 5 rings (SSSR count). The number of aromatic amines is 1. The first-order chi connectivity index (χ1) is 18.3. The summed E-state index contributed by atoms with van der Waals surface area (Å²) in [6, 6.07) is 18.7. The summed E-state index contributed by atoms with van der Waals surface area (Å²) in [4.78, 5) is 15.7. The van der Waals surface area contributed by atoms with Crippen molar-refractivity contribution in [3.8, 4) is 5.75 Å². The molecule has 9 nitrogen and oxygen atoms in total. The SMILES string of the molecule is COc1ccc2ccc(S(=O)(=O)N(Cc3ccn[nH]3)[C@H]3CCN(Cc4cccc(C(N)=S)c4)C3=O)cc2c1. The Morgan fingerprint density at radius 1 is 1.16 bits per heavy atom. The fourth-order valence-electron chi connectivity index (χ4n) is 4.72. The second-order valence-corrected chi connectivity index (χ2v) is 11.5. The van der Waals surface area contributed by atoms with Gasteiger partial charge in [-0.05, 0) is 59.2 Å². The third kappa shape index (κ3) is 5.13. The van der Waals surface area contributed by atoms with Crippen LogP contribution in [0.15, 0.2) is 77.8 Å². The summed E-state index contributed by atoms with van der Waals surface area (Å²) >= 11 is 5.07. The van der Waals surface area contributed by atoms with Gasteiger partial charge in [-0.25, -0.2) is 8.42 Å². The zero-order valence-electron chi connectivity index (χ0n) is 20.7. The van der Waals surface area contributed by atoms with Crippen LogP contribution in [0.25, 0.3) is 10.8 Å². The second-order valence-electron chi connectivity index (χ2n) is 9.14. The van der Waals surface area contributed by atoms with Crippen LogP contribution in [0.4, 0.5) is 0 Å². The van der Waals surface area contributed by atoms with Crippen LogP contribution in [0, 0.1) is 0 Å². The third-order valence-electron chi connectivity index (χ3n) is 6.71. The highest BCUT2D eigenvalue weighted by Gasteiger charge is 2.42. The molecule has 1 aromatic heterocycles. The quantitative estimate of drug-likeness (QED) is 0.308. The topological polar surface area (TPSA) is 122 Å². The highest BCUT2D eigenvalue weighted by molar-refractivity contribution is 7.89. The number of sulfonamides is 1. The molecule has 3 aromatic carbocycles. The fourth-order valence-corrected chi connectivity index (χ4v) is 6.47. The summed E-state index contributed by atoms with van der Waals surface area (Å²) in [5.74, 6) is 0.374. The smallest absolute Gasteiger partial charge is 0.244 e. The molecule has 0 unspecified atom stereocenters. The maximum atomic E-state index is 14.0. The predicted octanol–water partition coefficient (Wildman–Crippen LogP) is 3.20. The Balaban J connectivity index is 1.47. The zero-order valence-corrected chi connectivity index (χ0v) is 22.3. The zero-order chi connectivity index (χ0) is 26.9. The first-order valence-electron chi connectivity index (χ1n) is 12.0. The standard InChI is InChI=1S/C27H27N5O4S2/c1-36-23-7-5-19-6-8-24(15-21(19)14-23)38(34,35)32(17-22-9-11-29-30-22)25-10-12-31(27(25)33)16-18-3-2-4-20(13-18)26(28)37/h2-9,11,13-15,25H,10,12,16-17H2,1H3,(H2,28,37)(H,29,30)/t25-/m0/s1. The van der Waals surface area contributed by atoms with Crippen LogP contribution in [0.1, 0.15) is 23.2 Å². The van der Waals surface area contributed by atoms with Crippen LogP contribution in [-0.2, 0) is 27.9 Å². The van der Waals surface area contributed by atoms with E-state index in [0.717, 1.165) is 21.9 Å². The van der Waals surface area contributed by atoms with Crippen LogP contribution >= 0.6 is 12.2 Å². The number of H-pyrrole nitrogens is 1. The fraction of sp³-hybridized carbons (Fsp3) is 0.222. The Bertz CT molecular complexity index is 1610. The number of nitrogens with two attached hydrogens (primary N) is 1. The Hall–Kier alpha value is -3.80. The molecule has 38 heavy (non-hydrogen) atoms. The molecule has 1 saturated heterocycles. The highest BCUT2D eigenvalue weighted by Crippen LogP contribution is 2.30. The minimum absolute atomic E-state index is 0.0142. The molecule has 2 heterocycles. The first kappa shape index (κ1) is 25.8. The molecule has 1 amide bonds. The van der Waals surface area contributed by atoms with Gasteiger partial charge >= 0.3 is 0 Å². The normalized spacial score (nSPS) is 15.9. The van der Waals surface area contributed by atoms with Gasteiger partial charge in [0.25, 0.3) is 0 Å². The van der Waals surface area contributed by atoms with Gasteiger partial charge in [0.2, 0.25) is 15.9 Å². The molecular weight excluding hydrogens is 522 g/mol. The number of methoxy groups -OCH3 is 1. The second kappa shape index (κ2) is 10.5. The van der Waals surface area contributed by atoms with Gasteiger partial charge in [-0.15, -0.1) is 0 Å². The van der Waals surface area contributed by atoms with Crippen molar-refractivity contribution < 1.29 is 17.9 Å². The lowest BCUT2D eigenvalue weighted by Crippen LogP contribution is -2.44. The van der Waals surface area contributed by atoms with E-state index in [9.17, 15) is 13.2 Å². The number of nitrogens with one attached hydrogen (secondary N) is 1. The summed E-state index contributed by atoms with van der Waals surface area (Å²) in [6.45, 7) is 0.740. The number of benzene rings is 3. The number of hydrogen-bond acceptors (Lipinski definition) is 6. The van der Waals surface area contributed by atoms with Gasteiger partial charge in [-0.1, -0.05) is 42.5 Å². The van der Waals surface area contributed by atoms with Crippen LogP contribution in [0.3, 0.4) is 0 Å². The Labute approximate surface area is 226 Å². The molecule has 11 heteroatoms. The molecule has 3 N–H and O–H groups in total. The van der Waals surface area contributed by atoms with Gasteiger partial charge in [0.15, 0.2) is 0 Å². The molecule has 1 aliphatic heterocycles. The minimum Gasteiger partial charge on any atom is -0.497 e. The van der Waals surface area contributed by atoms with Gasteiger partial charge in [0, 0.05) is 24.8 Å². The molecule has 0 aliphatic carbocycles. The molecule has 196 valence electrons. The molecule has 0 bridgehead atoms. The minimum atomic E-state index is -4.06. The van der Waals surface area contributed by atoms with E-state index in [1.165, 1.54) is 4.31 Å². The number of fused-ring (bicyclic) bond motifs is 1. The number of nitrogens with zero attached hydrogens (tertiary/aromatic N) is 3. The van der Waals surface area contributed by atoms with Crippen molar-refractivity contribution in [2.75, 3.05) is 13.7 Å². The largest absolute Gasteiger partial charge is 0.497 e. The van der Waals surface area contributed by atoms with Gasteiger partial charge in [-0.3, -0.25) is 9.89 Å². The molecule has 0 spiro atoms. The summed E-state index contributed by atoms with van der Waals surface area (Å²) in [5, 5.41) is 8.38. The molecule has 0 saturated carbocycles.